The number of hydrogen-bond acceptors (Lipinski definition) is 5. The van der Waals surface area contributed by atoms with Crippen molar-refractivity contribution in [1.82, 2.24) is 0 Å². The number of benzene rings is 2. The second kappa shape index (κ2) is 9.43. The van der Waals surface area contributed by atoms with Crippen LogP contribution in [0.5, 0.6) is 11.5 Å². The fourth-order valence-electron chi connectivity index (χ4n) is 3.10. The molecule has 158 valence electrons. The summed E-state index contributed by atoms with van der Waals surface area (Å²) in [5, 5.41) is 2.50. The Balaban J connectivity index is 1.64. The van der Waals surface area contributed by atoms with Gasteiger partial charge in [-0.05, 0) is 57.2 Å². The highest BCUT2D eigenvalue weighted by Crippen LogP contribution is 2.35. The number of halogens is 1. The Hall–Kier alpha value is -3.35. The Kier molecular flexibility index (Phi) is 6.72. The molecule has 2 atom stereocenters. The van der Waals surface area contributed by atoms with Crippen LogP contribution in [0.2, 0.25) is 0 Å². The van der Waals surface area contributed by atoms with E-state index in [1.807, 2.05) is 26.0 Å². The average molecular weight is 413 g/mol. The van der Waals surface area contributed by atoms with Crippen LogP contribution in [0, 0.1) is 5.82 Å². The lowest BCUT2D eigenvalue weighted by atomic mass is 10.1. The third-order valence-corrected chi connectivity index (χ3v) is 4.48. The van der Waals surface area contributed by atoms with Crippen LogP contribution in [0.4, 0.5) is 10.1 Å². The summed E-state index contributed by atoms with van der Waals surface area (Å²) in [6, 6.07) is 9.21. The van der Waals surface area contributed by atoms with Crippen LogP contribution in [-0.4, -0.2) is 30.7 Å². The van der Waals surface area contributed by atoms with Gasteiger partial charge in [0.2, 0.25) is 0 Å². The molecule has 1 aliphatic heterocycles. The summed E-state index contributed by atoms with van der Waals surface area (Å²) in [6.45, 7) is 5.80. The molecule has 1 N–H and O–H groups in total. The molecule has 6 nitrogen and oxygen atoms in total. The van der Waals surface area contributed by atoms with Gasteiger partial charge in [0.15, 0.2) is 6.10 Å². The van der Waals surface area contributed by atoms with Crippen molar-refractivity contribution in [2.75, 3.05) is 11.9 Å². The summed E-state index contributed by atoms with van der Waals surface area (Å²) in [5.41, 5.74) is 2.03. The van der Waals surface area contributed by atoms with Gasteiger partial charge in [0.25, 0.3) is 5.91 Å². The lowest BCUT2D eigenvalue weighted by Gasteiger charge is -2.13. The molecule has 0 bridgehead atoms. The molecule has 0 spiro atoms. The maximum atomic E-state index is 13.2. The molecule has 2 aromatic rings. The highest BCUT2D eigenvalue weighted by molar-refractivity contribution is 5.96. The van der Waals surface area contributed by atoms with Crippen molar-refractivity contribution in [3.05, 3.63) is 59.4 Å². The average Bonchev–Trinajstić information content (AvgIpc) is 3.05. The first-order valence-corrected chi connectivity index (χ1v) is 9.77. The van der Waals surface area contributed by atoms with Crippen LogP contribution in [0.3, 0.4) is 0 Å². The fourth-order valence-corrected chi connectivity index (χ4v) is 3.10. The minimum atomic E-state index is -1.05. The molecular weight excluding hydrogens is 389 g/mol. The zero-order chi connectivity index (χ0) is 21.7. The van der Waals surface area contributed by atoms with Gasteiger partial charge in [0, 0.05) is 29.3 Å². The Labute approximate surface area is 174 Å². The largest absolute Gasteiger partial charge is 0.493 e. The van der Waals surface area contributed by atoms with Crippen LogP contribution in [0.15, 0.2) is 42.5 Å². The molecule has 1 aliphatic rings. The molecule has 0 unspecified atom stereocenters. The van der Waals surface area contributed by atoms with Gasteiger partial charge in [-0.1, -0.05) is 6.07 Å². The molecule has 0 aliphatic carbocycles. The Morgan fingerprint density at radius 2 is 2.13 bits per heavy atom. The van der Waals surface area contributed by atoms with Crippen molar-refractivity contribution >= 4 is 23.6 Å². The van der Waals surface area contributed by atoms with Crippen molar-refractivity contribution < 1.29 is 28.2 Å². The number of nitrogens with one attached hydrogen (secondary N) is 1. The SMILES string of the molecule is CCOc1cc2c(cc1/C=C/C(=O)O[C@@H](C)C(=O)Nc1cccc(F)c1)O[C@H](C)C2. The normalized spacial score (nSPS) is 15.9. The molecule has 0 saturated heterocycles. The molecule has 3 rings (SSSR count). The van der Waals surface area contributed by atoms with E-state index in [4.69, 9.17) is 14.2 Å². The quantitative estimate of drug-likeness (QED) is 0.546. The number of amides is 1. The van der Waals surface area contributed by atoms with Crippen molar-refractivity contribution in [1.29, 1.82) is 0 Å². The number of ether oxygens (including phenoxy) is 3. The van der Waals surface area contributed by atoms with Crippen molar-refractivity contribution in [3.8, 4) is 11.5 Å². The minimum absolute atomic E-state index is 0.0936. The van der Waals surface area contributed by atoms with Crippen LogP contribution in [0.25, 0.3) is 6.08 Å². The van der Waals surface area contributed by atoms with Gasteiger partial charge in [-0.2, -0.15) is 0 Å². The predicted octanol–water partition coefficient (Wildman–Crippen LogP) is 4.13. The summed E-state index contributed by atoms with van der Waals surface area (Å²) in [7, 11) is 0. The first-order chi connectivity index (χ1) is 14.4. The van der Waals surface area contributed by atoms with Gasteiger partial charge in [-0.25, -0.2) is 9.18 Å². The van der Waals surface area contributed by atoms with Gasteiger partial charge in [-0.3, -0.25) is 4.79 Å². The summed E-state index contributed by atoms with van der Waals surface area (Å²) in [6.07, 6.45) is 2.64. The fraction of sp³-hybridized carbons (Fsp3) is 0.304. The number of fused-ring (bicyclic) bond motifs is 1. The van der Waals surface area contributed by atoms with Crippen LogP contribution in [-0.2, 0) is 20.7 Å². The van der Waals surface area contributed by atoms with E-state index in [-0.39, 0.29) is 11.8 Å². The van der Waals surface area contributed by atoms with Crippen molar-refractivity contribution in [3.63, 3.8) is 0 Å². The third kappa shape index (κ3) is 5.37. The van der Waals surface area contributed by atoms with E-state index in [1.54, 1.807) is 12.1 Å². The summed E-state index contributed by atoms with van der Waals surface area (Å²) < 4.78 is 29.8. The van der Waals surface area contributed by atoms with Crippen molar-refractivity contribution in [2.45, 2.75) is 39.4 Å². The monoisotopic (exact) mass is 413 g/mol. The number of carbonyl (C=O) groups is 2. The molecule has 1 amide bonds. The van der Waals surface area contributed by atoms with Crippen LogP contribution >= 0.6 is 0 Å². The third-order valence-electron chi connectivity index (χ3n) is 4.48. The Bertz CT molecular complexity index is 972. The number of anilines is 1. The van der Waals surface area contributed by atoms with Gasteiger partial charge >= 0.3 is 5.97 Å². The van der Waals surface area contributed by atoms with Gasteiger partial charge in [-0.15, -0.1) is 0 Å². The maximum absolute atomic E-state index is 13.2. The molecule has 0 fully saturated rings. The van der Waals surface area contributed by atoms with Crippen molar-refractivity contribution in [2.24, 2.45) is 0 Å². The standard InChI is InChI=1S/C23H24FNO5/c1-4-28-20-12-17-10-14(2)29-21(17)11-16(20)8-9-22(26)30-15(3)23(27)25-19-7-5-6-18(24)13-19/h5-9,11-15H,4,10H2,1-3H3,(H,25,27)/b9-8+/t14-,15+/m1/s1. The lowest BCUT2D eigenvalue weighted by Crippen LogP contribution is -2.29. The molecule has 7 heteroatoms. The van der Waals surface area contributed by atoms with Crippen LogP contribution < -0.4 is 14.8 Å². The maximum Gasteiger partial charge on any atom is 0.331 e. The van der Waals surface area contributed by atoms with E-state index >= 15 is 0 Å². The Morgan fingerprint density at radius 3 is 2.87 bits per heavy atom. The molecule has 0 aromatic heterocycles. The minimum Gasteiger partial charge on any atom is -0.493 e. The van der Waals surface area contributed by atoms with Crippen LogP contribution in [0.1, 0.15) is 31.9 Å². The molecule has 30 heavy (non-hydrogen) atoms. The van der Waals surface area contributed by atoms with E-state index in [9.17, 15) is 14.0 Å². The van der Waals surface area contributed by atoms with E-state index in [1.165, 1.54) is 31.2 Å². The zero-order valence-electron chi connectivity index (χ0n) is 17.1. The smallest absolute Gasteiger partial charge is 0.331 e. The highest BCUT2D eigenvalue weighted by atomic mass is 19.1. The van der Waals surface area contributed by atoms with Gasteiger partial charge < -0.3 is 19.5 Å². The predicted molar refractivity (Wildman–Crippen MR) is 111 cm³/mol. The number of hydrogen-bond donors (Lipinski definition) is 1. The molecule has 1 heterocycles. The summed E-state index contributed by atoms with van der Waals surface area (Å²) in [5.74, 6) is -0.304. The highest BCUT2D eigenvalue weighted by Gasteiger charge is 2.21. The van der Waals surface area contributed by atoms with Gasteiger partial charge in [0.1, 0.15) is 23.4 Å². The van der Waals surface area contributed by atoms with E-state index in [0.29, 0.717) is 17.9 Å². The second-order valence-electron chi connectivity index (χ2n) is 6.98. The lowest BCUT2D eigenvalue weighted by molar-refractivity contribution is -0.148. The topological polar surface area (TPSA) is 73.9 Å². The number of carbonyl (C=O) groups excluding carboxylic acids is 2. The molecular formula is C23H24FNO5. The van der Waals surface area contributed by atoms with E-state index in [0.717, 1.165) is 17.7 Å². The summed E-state index contributed by atoms with van der Waals surface area (Å²) >= 11 is 0. The van der Waals surface area contributed by atoms with E-state index in [2.05, 4.69) is 5.32 Å². The zero-order valence-corrected chi connectivity index (χ0v) is 17.1. The summed E-state index contributed by atoms with van der Waals surface area (Å²) in [4.78, 5) is 24.3. The molecule has 0 radical (unpaired) electrons. The number of rotatable bonds is 7. The van der Waals surface area contributed by atoms with E-state index < -0.39 is 23.8 Å². The van der Waals surface area contributed by atoms with Gasteiger partial charge in [0.05, 0.1) is 6.61 Å². The Morgan fingerprint density at radius 1 is 1.33 bits per heavy atom. The first-order valence-electron chi connectivity index (χ1n) is 9.77. The number of esters is 1. The molecule has 0 saturated carbocycles. The molecule has 2 aromatic carbocycles. The second-order valence-corrected chi connectivity index (χ2v) is 6.98. The first kappa shape index (κ1) is 21.4.